The molecule has 0 aliphatic carbocycles. The summed E-state index contributed by atoms with van der Waals surface area (Å²) in [7, 11) is 1.58. The van der Waals surface area contributed by atoms with Gasteiger partial charge in [0.2, 0.25) is 0 Å². The maximum atomic E-state index is 12.9. The number of hydrogen-bond donors (Lipinski definition) is 2. The molecule has 0 spiro atoms. The second kappa shape index (κ2) is 8.56. The molecule has 164 valence electrons. The Morgan fingerprint density at radius 2 is 1.81 bits per heavy atom. The van der Waals surface area contributed by atoms with E-state index < -0.39 is 17.6 Å². The van der Waals surface area contributed by atoms with Crippen LogP contribution in [-0.4, -0.2) is 31.8 Å². The number of anilines is 1. The molecule has 0 bridgehead atoms. The van der Waals surface area contributed by atoms with E-state index in [1.54, 1.807) is 7.11 Å². The van der Waals surface area contributed by atoms with E-state index in [9.17, 15) is 22.8 Å². The molecule has 6 nitrogen and oxygen atoms in total. The summed E-state index contributed by atoms with van der Waals surface area (Å²) < 4.78 is 43.1. The SMILES string of the molecule is COc1ccc(-c2cc3c(s2)C(=O)[NH+](CC(=O)Nc2ccc(C(F)(F)F)cc2)C=N3)cc1. The first-order valence-electron chi connectivity index (χ1n) is 9.44. The molecule has 1 aliphatic heterocycles. The number of benzene rings is 2. The van der Waals surface area contributed by atoms with E-state index >= 15 is 0 Å². The van der Waals surface area contributed by atoms with E-state index in [4.69, 9.17) is 4.74 Å². The molecular weight excluding hydrogens is 443 g/mol. The first-order chi connectivity index (χ1) is 15.2. The topological polar surface area (TPSA) is 72.2 Å². The zero-order valence-corrected chi connectivity index (χ0v) is 17.5. The molecule has 0 saturated heterocycles. The first kappa shape index (κ1) is 21.7. The number of fused-ring (bicyclic) bond motifs is 1. The van der Waals surface area contributed by atoms with Crippen LogP contribution in [0.4, 0.5) is 24.5 Å². The summed E-state index contributed by atoms with van der Waals surface area (Å²) in [4.78, 5) is 31.0. The Labute approximate surface area is 185 Å². The Bertz CT molecular complexity index is 1190. The van der Waals surface area contributed by atoms with Crippen molar-refractivity contribution >= 4 is 40.9 Å². The number of nitrogens with one attached hydrogen (secondary N) is 2. The largest absolute Gasteiger partial charge is 0.497 e. The predicted octanol–water partition coefficient (Wildman–Crippen LogP) is 3.78. The van der Waals surface area contributed by atoms with Crippen molar-refractivity contribution in [3.8, 4) is 16.2 Å². The molecule has 0 fully saturated rings. The van der Waals surface area contributed by atoms with Gasteiger partial charge < -0.3 is 10.1 Å². The van der Waals surface area contributed by atoms with Crippen molar-refractivity contribution in [1.82, 2.24) is 0 Å². The molecule has 10 heteroatoms. The average molecular weight is 460 g/mol. The van der Waals surface area contributed by atoms with Gasteiger partial charge in [0.15, 0.2) is 17.8 Å². The number of carbonyl (C=O) groups excluding carboxylic acids is 2. The number of ether oxygens (including phenoxy) is 1. The number of nitrogens with zero attached hydrogens (tertiary/aromatic N) is 1. The van der Waals surface area contributed by atoms with Crippen LogP contribution in [-0.2, 0) is 11.0 Å². The third-order valence-electron chi connectivity index (χ3n) is 4.79. The number of methoxy groups -OCH3 is 1. The molecule has 4 rings (SSSR count). The van der Waals surface area contributed by atoms with E-state index in [-0.39, 0.29) is 23.0 Å². The molecule has 1 aliphatic rings. The van der Waals surface area contributed by atoms with Crippen molar-refractivity contribution in [2.24, 2.45) is 4.99 Å². The van der Waals surface area contributed by atoms with Gasteiger partial charge in [0.1, 0.15) is 5.75 Å². The Kier molecular flexibility index (Phi) is 5.81. The van der Waals surface area contributed by atoms with E-state index in [1.807, 2.05) is 30.3 Å². The molecule has 0 saturated carbocycles. The number of halogens is 3. The Morgan fingerprint density at radius 1 is 1.12 bits per heavy atom. The number of amides is 2. The van der Waals surface area contributed by atoms with Crippen LogP contribution in [0.5, 0.6) is 5.75 Å². The second-order valence-corrected chi connectivity index (χ2v) is 8.02. The summed E-state index contributed by atoms with van der Waals surface area (Å²) in [6.45, 7) is -0.238. The maximum Gasteiger partial charge on any atom is 0.416 e. The fraction of sp³-hybridized carbons (Fsp3) is 0.136. The van der Waals surface area contributed by atoms with Gasteiger partial charge in [0.05, 0.1) is 18.4 Å². The molecule has 0 radical (unpaired) electrons. The normalized spacial score (nSPS) is 15.4. The number of aliphatic imine (C=N–C) groups is 1. The van der Waals surface area contributed by atoms with Gasteiger partial charge >= 0.3 is 12.1 Å². The molecule has 3 aromatic rings. The number of rotatable bonds is 5. The van der Waals surface area contributed by atoms with Crippen LogP contribution in [0, 0.1) is 0 Å². The fourth-order valence-electron chi connectivity index (χ4n) is 3.14. The van der Waals surface area contributed by atoms with E-state index in [0.29, 0.717) is 10.6 Å². The standard InChI is InChI=1S/C22H16F3N3O3S/c1-31-16-8-2-13(3-9-16)18-10-17-20(32-18)21(30)28(12-26-17)11-19(29)27-15-6-4-14(5-7-15)22(23,24)25/h2-10,12H,11H2,1H3,(H,27,29)/p+1. The number of quaternary nitrogens is 1. The molecule has 2 heterocycles. The highest BCUT2D eigenvalue weighted by atomic mass is 32.1. The van der Waals surface area contributed by atoms with E-state index in [0.717, 1.165) is 28.3 Å². The van der Waals surface area contributed by atoms with Crippen LogP contribution in [0.15, 0.2) is 59.6 Å². The lowest BCUT2D eigenvalue weighted by atomic mass is 10.1. The number of alkyl halides is 3. The summed E-state index contributed by atoms with van der Waals surface area (Å²) in [6, 6.07) is 13.3. The Hall–Kier alpha value is -3.50. The van der Waals surface area contributed by atoms with Crippen LogP contribution in [0.3, 0.4) is 0 Å². The number of thiophene rings is 1. The molecule has 2 amide bonds. The summed E-state index contributed by atoms with van der Waals surface area (Å²) in [6.07, 6.45) is -3.09. The Morgan fingerprint density at radius 3 is 2.44 bits per heavy atom. The van der Waals surface area contributed by atoms with Gasteiger partial charge in [-0.05, 0) is 60.2 Å². The van der Waals surface area contributed by atoms with Gasteiger partial charge in [-0.3, -0.25) is 4.79 Å². The minimum absolute atomic E-state index is 0.211. The van der Waals surface area contributed by atoms with Crippen molar-refractivity contribution in [3.63, 3.8) is 0 Å². The monoisotopic (exact) mass is 460 g/mol. The lowest BCUT2D eigenvalue weighted by molar-refractivity contribution is -0.694. The van der Waals surface area contributed by atoms with Crippen LogP contribution < -0.4 is 15.0 Å². The predicted molar refractivity (Wildman–Crippen MR) is 115 cm³/mol. The third-order valence-corrected chi connectivity index (χ3v) is 5.96. The van der Waals surface area contributed by atoms with E-state index in [2.05, 4.69) is 10.3 Å². The molecule has 1 aromatic heterocycles. The van der Waals surface area contributed by atoms with Crippen LogP contribution in [0.25, 0.3) is 10.4 Å². The molecule has 2 N–H and O–H groups in total. The zero-order valence-electron chi connectivity index (χ0n) is 16.7. The second-order valence-electron chi connectivity index (χ2n) is 6.97. The molecular formula is C22H17F3N3O3S+. The average Bonchev–Trinajstić information content (AvgIpc) is 3.21. The molecule has 1 atom stereocenters. The third kappa shape index (κ3) is 4.56. The van der Waals surface area contributed by atoms with Gasteiger partial charge in [-0.25, -0.2) is 14.7 Å². The summed E-state index contributed by atoms with van der Waals surface area (Å²) in [5.74, 6) is -0.0869. The number of carbonyl (C=O) groups is 2. The molecule has 1 unspecified atom stereocenters. The lowest BCUT2D eigenvalue weighted by Crippen LogP contribution is -3.15. The highest BCUT2D eigenvalue weighted by Crippen LogP contribution is 2.37. The van der Waals surface area contributed by atoms with Gasteiger partial charge in [0, 0.05) is 10.6 Å². The summed E-state index contributed by atoms with van der Waals surface area (Å²) >= 11 is 1.29. The van der Waals surface area contributed by atoms with E-state index in [1.165, 1.54) is 29.8 Å². The summed E-state index contributed by atoms with van der Waals surface area (Å²) in [5, 5.41) is 2.50. The highest BCUT2D eigenvalue weighted by Gasteiger charge is 2.32. The van der Waals surface area contributed by atoms with Crippen molar-refractivity contribution in [3.05, 3.63) is 65.0 Å². The molecule has 32 heavy (non-hydrogen) atoms. The summed E-state index contributed by atoms with van der Waals surface area (Å²) in [5.41, 5.74) is 0.854. The fourth-order valence-corrected chi connectivity index (χ4v) is 4.22. The van der Waals surface area contributed by atoms with Crippen molar-refractivity contribution in [1.29, 1.82) is 0 Å². The van der Waals surface area contributed by atoms with Crippen LogP contribution in [0.1, 0.15) is 15.2 Å². The first-order valence-corrected chi connectivity index (χ1v) is 10.3. The lowest BCUT2D eigenvalue weighted by Gasteiger charge is -2.14. The minimum atomic E-state index is -4.45. The Balaban J connectivity index is 1.43. The van der Waals surface area contributed by atoms with Gasteiger partial charge in [-0.1, -0.05) is 0 Å². The van der Waals surface area contributed by atoms with Crippen molar-refractivity contribution < 1.29 is 32.4 Å². The van der Waals surface area contributed by atoms with Crippen molar-refractivity contribution in [2.75, 3.05) is 19.0 Å². The maximum absolute atomic E-state index is 12.9. The smallest absolute Gasteiger partial charge is 0.416 e. The minimum Gasteiger partial charge on any atom is -0.497 e. The zero-order chi connectivity index (χ0) is 22.9. The van der Waals surface area contributed by atoms with Crippen molar-refractivity contribution in [2.45, 2.75) is 6.18 Å². The van der Waals surface area contributed by atoms with Crippen LogP contribution in [0.2, 0.25) is 0 Å². The van der Waals surface area contributed by atoms with Crippen LogP contribution >= 0.6 is 11.3 Å². The number of hydrogen-bond acceptors (Lipinski definition) is 5. The highest BCUT2D eigenvalue weighted by molar-refractivity contribution is 7.18. The quantitative estimate of drug-likeness (QED) is 0.609. The van der Waals surface area contributed by atoms with Gasteiger partial charge in [0.25, 0.3) is 5.91 Å². The van der Waals surface area contributed by atoms with Gasteiger partial charge in [-0.2, -0.15) is 13.2 Å². The van der Waals surface area contributed by atoms with Gasteiger partial charge in [-0.15, -0.1) is 11.3 Å². The molecule has 2 aromatic carbocycles.